The number of hydrogen-bond acceptors (Lipinski definition) is 14. The summed E-state index contributed by atoms with van der Waals surface area (Å²) in [4.78, 5) is 79.7. The van der Waals surface area contributed by atoms with Gasteiger partial charge in [0.2, 0.25) is 13.6 Å². The predicted molar refractivity (Wildman–Crippen MR) is 254 cm³/mol. The Morgan fingerprint density at radius 1 is 0.676 bits per heavy atom. The van der Waals surface area contributed by atoms with Gasteiger partial charge in [0.1, 0.15) is 5.82 Å². The molecule has 0 radical (unpaired) electrons. The molecular weight excluding hydrogens is 915 g/mol. The highest BCUT2D eigenvalue weighted by Gasteiger charge is 2.44. The van der Waals surface area contributed by atoms with Crippen LogP contribution >= 0.6 is 24.4 Å². The number of ether oxygens (including phenoxy) is 4. The SMILES string of the molecule is CC(=O)O.Cn1c(N)cc(=O)n(C)c1=S.Cn1c2c(c(=O)n(C)c1=S)C(c1cccc3c1OCO3)C1=C(C2)c2ccccc2C1=O.O=C1CC(=O)c2ccccc21.O=Cc1cccc2c1OCO2. The number of ketones is 3. The molecule has 0 saturated heterocycles. The third-order valence-electron chi connectivity index (χ3n) is 11.5. The number of nitrogens with zero attached hydrogens (tertiary/aromatic N) is 4. The predicted octanol–water partition coefficient (Wildman–Crippen LogP) is 6.33. The molecule has 0 bridgehead atoms. The fourth-order valence-electron chi connectivity index (χ4n) is 8.19. The number of para-hydroxylation sites is 2. The van der Waals surface area contributed by atoms with Crippen molar-refractivity contribution in [2.75, 3.05) is 19.3 Å². The fourth-order valence-corrected chi connectivity index (χ4v) is 8.58. The van der Waals surface area contributed by atoms with Crippen molar-refractivity contribution in [3.8, 4) is 23.0 Å². The molecule has 348 valence electrons. The van der Waals surface area contributed by atoms with Crippen molar-refractivity contribution < 1.29 is 48.0 Å². The number of benzene rings is 4. The molecule has 2 aliphatic heterocycles. The van der Waals surface area contributed by atoms with Crippen LogP contribution in [0.25, 0.3) is 5.57 Å². The molecule has 17 nitrogen and oxygen atoms in total. The van der Waals surface area contributed by atoms with Crippen molar-refractivity contribution in [1.82, 2.24) is 18.3 Å². The van der Waals surface area contributed by atoms with E-state index < -0.39 is 11.9 Å². The summed E-state index contributed by atoms with van der Waals surface area (Å²) in [6.07, 6.45) is 1.29. The van der Waals surface area contributed by atoms with Gasteiger partial charge < -0.3 is 38.9 Å². The fraction of sp³-hybridized carbons (Fsp3) is 0.204. The van der Waals surface area contributed by atoms with Gasteiger partial charge in [-0.05, 0) is 53.8 Å². The number of carboxylic acids is 1. The number of nitrogens with two attached hydrogens (primary N) is 1. The summed E-state index contributed by atoms with van der Waals surface area (Å²) in [7, 11) is 6.88. The molecule has 4 aromatic carbocycles. The summed E-state index contributed by atoms with van der Waals surface area (Å²) < 4.78 is 28.7. The Kier molecular flexibility index (Phi) is 14.0. The van der Waals surface area contributed by atoms with E-state index >= 15 is 0 Å². The van der Waals surface area contributed by atoms with E-state index in [1.54, 1.807) is 68.2 Å². The topological polar surface area (TPSA) is 222 Å². The number of carbonyl (C=O) groups excluding carboxylic acids is 4. The van der Waals surface area contributed by atoms with Crippen LogP contribution in [0.1, 0.15) is 83.1 Å². The molecule has 68 heavy (non-hydrogen) atoms. The van der Waals surface area contributed by atoms with Crippen LogP contribution in [-0.4, -0.2) is 66.6 Å². The Labute approximate surface area is 397 Å². The van der Waals surface area contributed by atoms with Gasteiger partial charge in [0.25, 0.3) is 17.1 Å². The van der Waals surface area contributed by atoms with Crippen molar-refractivity contribution in [2.24, 2.45) is 28.2 Å². The zero-order valence-corrected chi connectivity index (χ0v) is 38.9. The highest BCUT2D eigenvalue weighted by Crippen LogP contribution is 2.52. The normalized spacial score (nSPS) is 14.8. The molecule has 1 atom stereocenters. The molecule has 3 aliphatic carbocycles. The standard InChI is InChI=1S/C24H18N2O4S.C9H6O2.C8H6O3.C6H9N3OS.C2H4O2/c1-25-16-10-15-12-6-3-4-7-13(12)21(27)19(15)18(20(16)23(28)26(2)24(25)31)14-8-5-9-17-22(14)30-11-29-17;10-8-5-9(11)7-4-2-1-3-6(7)8;9-4-6-2-1-3-7-8(6)11-5-10-7;1-8-4(7)3-5(10)9(2)6(8)11;1-2(3)4/h3-9,18H,10-11H2,1-2H3;2*1-4H,5H2;3H,7H2,1-2H3;1H3,(H,3,4). The first-order valence-corrected chi connectivity index (χ1v) is 21.5. The lowest BCUT2D eigenvalue weighted by Crippen LogP contribution is -2.34. The highest BCUT2D eigenvalue weighted by molar-refractivity contribution is 7.71. The second kappa shape index (κ2) is 19.8. The summed E-state index contributed by atoms with van der Waals surface area (Å²) in [6.45, 7) is 1.41. The quantitative estimate of drug-likeness (QED) is 0.110. The monoisotopic (exact) mass is 957 g/mol. The number of rotatable bonds is 2. The molecule has 2 aromatic heterocycles. The minimum Gasteiger partial charge on any atom is -0.481 e. The van der Waals surface area contributed by atoms with E-state index in [0.29, 0.717) is 78.2 Å². The number of nitrogen functional groups attached to an aromatic ring is 1. The molecular formula is C49H43N5O12S2. The molecule has 0 saturated carbocycles. The van der Waals surface area contributed by atoms with Crippen LogP contribution in [0, 0.1) is 9.54 Å². The molecule has 0 fully saturated rings. The van der Waals surface area contributed by atoms with E-state index in [2.05, 4.69) is 0 Å². The zero-order chi connectivity index (χ0) is 49.1. The van der Waals surface area contributed by atoms with E-state index in [0.717, 1.165) is 35.6 Å². The van der Waals surface area contributed by atoms with Crippen molar-refractivity contribution in [3.63, 3.8) is 0 Å². The molecule has 3 N–H and O–H groups in total. The first-order valence-electron chi connectivity index (χ1n) is 20.7. The highest BCUT2D eigenvalue weighted by atomic mass is 32.1. The maximum atomic E-state index is 13.6. The number of fused-ring (bicyclic) bond motifs is 6. The van der Waals surface area contributed by atoms with Gasteiger partial charge in [-0.1, -0.05) is 66.7 Å². The van der Waals surface area contributed by atoms with E-state index in [9.17, 15) is 28.8 Å². The molecule has 1 unspecified atom stereocenters. The van der Waals surface area contributed by atoms with Gasteiger partial charge in [0, 0.05) is 92.6 Å². The summed E-state index contributed by atoms with van der Waals surface area (Å²) >= 11 is 10.4. The van der Waals surface area contributed by atoms with Crippen LogP contribution < -0.4 is 35.8 Å². The Bertz CT molecular complexity index is 3350. The minimum absolute atomic E-state index is 0.0371. The Morgan fingerprint density at radius 3 is 1.81 bits per heavy atom. The van der Waals surface area contributed by atoms with Crippen LogP contribution in [0.5, 0.6) is 23.0 Å². The van der Waals surface area contributed by atoms with Crippen LogP contribution in [0.4, 0.5) is 5.82 Å². The van der Waals surface area contributed by atoms with Crippen molar-refractivity contribution in [2.45, 2.75) is 25.7 Å². The Balaban J connectivity index is 0.000000151. The van der Waals surface area contributed by atoms with Crippen molar-refractivity contribution in [1.29, 1.82) is 0 Å². The van der Waals surface area contributed by atoms with Crippen LogP contribution in [0.3, 0.4) is 0 Å². The lowest BCUT2D eigenvalue weighted by atomic mass is 9.76. The second-order valence-corrected chi connectivity index (χ2v) is 16.3. The lowest BCUT2D eigenvalue weighted by molar-refractivity contribution is -0.134. The number of aldehydes is 1. The Hall–Kier alpha value is -8.03. The maximum absolute atomic E-state index is 13.6. The number of Topliss-reactive ketones (excluding diaryl/α,β-unsaturated/α-hetero) is 3. The number of aromatic nitrogens is 4. The molecule has 0 spiro atoms. The van der Waals surface area contributed by atoms with E-state index in [4.69, 9.17) is 59.0 Å². The van der Waals surface area contributed by atoms with Gasteiger partial charge in [-0.3, -0.25) is 42.7 Å². The largest absolute Gasteiger partial charge is 0.481 e. The van der Waals surface area contributed by atoms with Crippen LogP contribution in [0.2, 0.25) is 0 Å². The van der Waals surface area contributed by atoms with Gasteiger partial charge in [-0.25, -0.2) is 0 Å². The van der Waals surface area contributed by atoms with Gasteiger partial charge in [-0.2, -0.15) is 0 Å². The van der Waals surface area contributed by atoms with Gasteiger partial charge in [0.05, 0.1) is 12.0 Å². The van der Waals surface area contributed by atoms with Gasteiger partial charge >= 0.3 is 0 Å². The summed E-state index contributed by atoms with van der Waals surface area (Å²) in [5.41, 5.74) is 12.2. The average Bonchev–Trinajstić information content (AvgIpc) is 4.14. The van der Waals surface area contributed by atoms with Crippen LogP contribution in [0.15, 0.2) is 106 Å². The summed E-state index contributed by atoms with van der Waals surface area (Å²) in [5, 5.41) is 7.42. The lowest BCUT2D eigenvalue weighted by Gasteiger charge is -2.30. The van der Waals surface area contributed by atoms with Gasteiger partial charge in [-0.15, -0.1) is 0 Å². The van der Waals surface area contributed by atoms with E-state index in [1.807, 2.05) is 54.1 Å². The third kappa shape index (κ3) is 9.08. The number of aliphatic carboxylic acids is 1. The number of anilines is 1. The molecule has 11 rings (SSSR count). The van der Waals surface area contributed by atoms with Crippen molar-refractivity contribution >= 4 is 65.4 Å². The van der Waals surface area contributed by atoms with Crippen LogP contribution in [-0.2, 0) is 39.4 Å². The molecule has 6 aromatic rings. The van der Waals surface area contributed by atoms with Crippen molar-refractivity contribution in [3.05, 3.63) is 171 Å². The molecule has 19 heteroatoms. The Morgan fingerprint density at radius 2 is 1.21 bits per heavy atom. The second-order valence-electron chi connectivity index (χ2n) is 15.6. The van der Waals surface area contributed by atoms with Gasteiger partial charge in [0.15, 0.2) is 56.2 Å². The summed E-state index contributed by atoms with van der Waals surface area (Å²) in [6, 6.07) is 26.8. The third-order valence-corrected chi connectivity index (χ3v) is 12.6. The number of carboxylic acid groups (broad SMARTS) is 1. The molecule has 5 aliphatic rings. The molecule has 4 heterocycles. The maximum Gasteiger partial charge on any atom is 0.300 e. The number of carbonyl (C=O) groups is 5. The van der Waals surface area contributed by atoms with E-state index in [1.165, 1.54) is 15.2 Å². The molecule has 0 amide bonds. The van der Waals surface area contributed by atoms with E-state index in [-0.39, 0.29) is 48.5 Å². The minimum atomic E-state index is -0.833. The zero-order valence-electron chi connectivity index (χ0n) is 37.3. The average molecular weight is 958 g/mol. The number of hydrogen-bond donors (Lipinski definition) is 2. The first kappa shape index (κ1) is 47.9. The first-order chi connectivity index (χ1) is 32.5. The number of allylic oxidation sites excluding steroid dienone is 2. The summed E-state index contributed by atoms with van der Waals surface area (Å²) in [5.74, 6) is 1.27. The smallest absolute Gasteiger partial charge is 0.300 e.